The number of carbonyl (C=O) groups is 1. The minimum atomic E-state index is -3.67. The number of aromatic nitrogens is 3. The van der Waals surface area contributed by atoms with Crippen molar-refractivity contribution in [2.75, 3.05) is 26.2 Å². The summed E-state index contributed by atoms with van der Waals surface area (Å²) in [5.41, 5.74) is 2.37. The van der Waals surface area contributed by atoms with Gasteiger partial charge in [0.2, 0.25) is 10.0 Å². The molecule has 2 aromatic heterocycles. The summed E-state index contributed by atoms with van der Waals surface area (Å²) in [4.78, 5) is 19.0. The lowest BCUT2D eigenvalue weighted by Gasteiger charge is -2.34. The Labute approximate surface area is 174 Å². The maximum Gasteiger partial charge on any atom is 0.255 e. The fourth-order valence-corrected chi connectivity index (χ4v) is 5.01. The zero-order valence-electron chi connectivity index (χ0n) is 16.6. The van der Waals surface area contributed by atoms with Crippen LogP contribution in [-0.4, -0.2) is 64.5 Å². The molecule has 10 heteroatoms. The smallest absolute Gasteiger partial charge is 0.255 e. The van der Waals surface area contributed by atoms with Gasteiger partial charge in [-0.25, -0.2) is 13.4 Å². The third-order valence-electron chi connectivity index (χ3n) is 5.26. The maximum absolute atomic E-state index is 12.9. The third-order valence-corrected chi connectivity index (χ3v) is 7.17. The molecule has 1 aliphatic heterocycles. The van der Waals surface area contributed by atoms with E-state index < -0.39 is 10.0 Å². The average Bonchev–Trinajstić information content (AvgIpc) is 3.06. The first-order valence-corrected chi connectivity index (χ1v) is 10.8. The monoisotopic (exact) mass is 424 g/mol. The van der Waals surface area contributed by atoms with Gasteiger partial charge in [0.1, 0.15) is 0 Å². The molecular weight excluding hydrogens is 404 g/mol. The highest BCUT2D eigenvalue weighted by Crippen LogP contribution is 2.21. The van der Waals surface area contributed by atoms with Gasteiger partial charge in [-0.3, -0.25) is 9.48 Å². The van der Waals surface area contributed by atoms with Crippen LogP contribution in [-0.2, 0) is 17.1 Å². The van der Waals surface area contributed by atoms with Crippen LogP contribution in [0.25, 0.3) is 11.0 Å². The summed E-state index contributed by atoms with van der Waals surface area (Å²) >= 11 is 0. The molecule has 0 saturated carbocycles. The first-order valence-electron chi connectivity index (χ1n) is 9.40. The zero-order chi connectivity index (χ0) is 21.5. The van der Waals surface area contributed by atoms with Gasteiger partial charge in [0.25, 0.3) is 5.91 Å². The van der Waals surface area contributed by atoms with E-state index in [4.69, 9.17) is 5.26 Å². The van der Waals surface area contributed by atoms with Crippen molar-refractivity contribution in [2.24, 2.45) is 7.05 Å². The summed E-state index contributed by atoms with van der Waals surface area (Å²) < 4.78 is 28.7. The molecule has 1 aliphatic rings. The number of rotatable bonds is 3. The Morgan fingerprint density at radius 3 is 2.43 bits per heavy atom. The Morgan fingerprint density at radius 2 is 1.80 bits per heavy atom. The molecule has 0 spiro atoms. The largest absolute Gasteiger partial charge is 0.336 e. The van der Waals surface area contributed by atoms with Crippen LogP contribution in [0.15, 0.2) is 41.4 Å². The molecule has 0 aliphatic carbocycles. The molecule has 0 radical (unpaired) electrons. The second-order valence-corrected chi connectivity index (χ2v) is 9.07. The van der Waals surface area contributed by atoms with E-state index in [1.54, 1.807) is 22.7 Å². The van der Waals surface area contributed by atoms with Crippen molar-refractivity contribution >= 4 is 27.0 Å². The molecule has 4 rings (SSSR count). The molecule has 0 unspecified atom stereocenters. The molecular formula is C20H20N6O3S. The van der Waals surface area contributed by atoms with Crippen LogP contribution in [0.2, 0.25) is 0 Å². The highest BCUT2D eigenvalue weighted by molar-refractivity contribution is 7.89. The molecule has 0 N–H and O–H groups in total. The van der Waals surface area contributed by atoms with Crippen LogP contribution in [0.3, 0.4) is 0 Å². The van der Waals surface area contributed by atoms with Gasteiger partial charge in [0, 0.05) is 44.8 Å². The molecule has 1 aromatic carbocycles. The van der Waals surface area contributed by atoms with Gasteiger partial charge in [0.05, 0.1) is 27.8 Å². The van der Waals surface area contributed by atoms with Crippen LogP contribution in [0.4, 0.5) is 0 Å². The standard InChI is InChI=1S/C20H20N6O3S/c1-14-18-11-16(13-22-19(18)24(2)23-14)20(27)25-7-9-26(10-8-25)30(28,29)17-5-3-15(12-21)4-6-17/h3-6,11,13H,7-10H2,1-2H3. The highest BCUT2D eigenvalue weighted by atomic mass is 32.2. The fraction of sp³-hybridized carbons (Fsp3) is 0.300. The van der Waals surface area contributed by atoms with Crippen LogP contribution in [0, 0.1) is 18.3 Å². The first kappa shape index (κ1) is 20.0. The van der Waals surface area contributed by atoms with Gasteiger partial charge in [-0.2, -0.15) is 14.7 Å². The lowest BCUT2D eigenvalue weighted by molar-refractivity contribution is 0.0697. The Bertz CT molecular complexity index is 1270. The zero-order valence-corrected chi connectivity index (χ0v) is 17.4. The summed E-state index contributed by atoms with van der Waals surface area (Å²) in [5.74, 6) is -0.178. The van der Waals surface area contributed by atoms with Crippen molar-refractivity contribution in [2.45, 2.75) is 11.8 Å². The van der Waals surface area contributed by atoms with Gasteiger partial charge in [0.15, 0.2) is 5.65 Å². The molecule has 3 aromatic rings. The van der Waals surface area contributed by atoms with Crippen molar-refractivity contribution in [3.8, 4) is 6.07 Å². The number of hydrogen-bond donors (Lipinski definition) is 0. The van der Waals surface area contributed by atoms with E-state index in [2.05, 4.69) is 10.1 Å². The number of pyridine rings is 1. The van der Waals surface area contributed by atoms with Crippen molar-refractivity contribution in [1.29, 1.82) is 5.26 Å². The normalized spacial score (nSPS) is 15.3. The quantitative estimate of drug-likeness (QED) is 0.626. The number of hydrogen-bond acceptors (Lipinski definition) is 6. The minimum absolute atomic E-state index is 0.142. The molecule has 0 bridgehead atoms. The summed E-state index contributed by atoms with van der Waals surface area (Å²) in [6.07, 6.45) is 1.53. The van der Waals surface area contributed by atoms with Gasteiger partial charge in [-0.15, -0.1) is 0 Å². The van der Waals surface area contributed by atoms with Gasteiger partial charge >= 0.3 is 0 Å². The van der Waals surface area contributed by atoms with Crippen molar-refractivity contribution in [1.82, 2.24) is 24.0 Å². The Kier molecular flexibility index (Phi) is 5.01. The number of benzene rings is 1. The van der Waals surface area contributed by atoms with Crippen LogP contribution in [0.5, 0.6) is 0 Å². The highest BCUT2D eigenvalue weighted by Gasteiger charge is 2.30. The number of piperazine rings is 1. The lowest BCUT2D eigenvalue weighted by Crippen LogP contribution is -2.50. The molecule has 30 heavy (non-hydrogen) atoms. The summed E-state index contributed by atoms with van der Waals surface area (Å²) in [6, 6.07) is 9.59. The van der Waals surface area contributed by atoms with E-state index in [0.29, 0.717) is 29.9 Å². The van der Waals surface area contributed by atoms with Crippen molar-refractivity contribution < 1.29 is 13.2 Å². The minimum Gasteiger partial charge on any atom is -0.336 e. The summed E-state index contributed by atoms with van der Waals surface area (Å²) in [5, 5.41) is 14.0. The topological polar surface area (TPSA) is 112 Å². The van der Waals surface area contributed by atoms with Crippen molar-refractivity contribution in [3.63, 3.8) is 0 Å². The number of fused-ring (bicyclic) bond motifs is 1. The second kappa shape index (κ2) is 7.51. The Balaban J connectivity index is 1.48. The third kappa shape index (κ3) is 3.42. The van der Waals surface area contributed by atoms with Crippen molar-refractivity contribution in [3.05, 3.63) is 53.3 Å². The average molecular weight is 424 g/mol. The molecule has 0 atom stereocenters. The number of aryl methyl sites for hydroxylation is 2. The number of sulfonamides is 1. The van der Waals surface area contributed by atoms with Crippen LogP contribution in [0.1, 0.15) is 21.6 Å². The van der Waals surface area contributed by atoms with Crippen LogP contribution >= 0.6 is 0 Å². The molecule has 154 valence electrons. The number of carbonyl (C=O) groups excluding carboxylic acids is 1. The van der Waals surface area contributed by atoms with Gasteiger partial charge in [-0.05, 0) is 37.3 Å². The molecule has 1 saturated heterocycles. The van der Waals surface area contributed by atoms with E-state index in [1.807, 2.05) is 13.0 Å². The predicted molar refractivity (Wildman–Crippen MR) is 109 cm³/mol. The van der Waals surface area contributed by atoms with Gasteiger partial charge in [-0.1, -0.05) is 0 Å². The Morgan fingerprint density at radius 1 is 1.13 bits per heavy atom. The first-order chi connectivity index (χ1) is 14.3. The van der Waals surface area contributed by atoms with Crippen LogP contribution < -0.4 is 0 Å². The Hall–Kier alpha value is -3.29. The fourth-order valence-electron chi connectivity index (χ4n) is 3.59. The van der Waals surface area contributed by atoms with E-state index in [0.717, 1.165) is 11.1 Å². The van der Waals surface area contributed by atoms with Gasteiger partial charge < -0.3 is 4.90 Å². The lowest BCUT2D eigenvalue weighted by atomic mass is 10.2. The molecule has 1 fully saturated rings. The second-order valence-electron chi connectivity index (χ2n) is 7.14. The number of nitrogens with zero attached hydrogens (tertiary/aromatic N) is 6. The van der Waals surface area contributed by atoms with E-state index in [1.165, 1.54) is 34.8 Å². The number of amides is 1. The van der Waals surface area contributed by atoms with E-state index in [-0.39, 0.29) is 23.9 Å². The summed E-state index contributed by atoms with van der Waals surface area (Å²) in [7, 11) is -1.87. The molecule has 1 amide bonds. The van der Waals surface area contributed by atoms with E-state index >= 15 is 0 Å². The maximum atomic E-state index is 12.9. The summed E-state index contributed by atoms with van der Waals surface area (Å²) in [6.45, 7) is 2.85. The predicted octanol–water partition coefficient (Wildman–Crippen LogP) is 1.30. The van der Waals surface area contributed by atoms with E-state index in [9.17, 15) is 13.2 Å². The molecule has 3 heterocycles. The molecule has 9 nitrogen and oxygen atoms in total. The number of nitriles is 1. The SMILES string of the molecule is Cc1nn(C)c2ncc(C(=O)N3CCN(S(=O)(=O)c4ccc(C#N)cc4)CC3)cc12.